The molecule has 0 saturated carbocycles. The van der Waals surface area contributed by atoms with E-state index in [2.05, 4.69) is 41.6 Å². The number of hydrazone groups is 1. The lowest BCUT2D eigenvalue weighted by Gasteiger charge is -2.11. The van der Waals surface area contributed by atoms with Gasteiger partial charge in [-0.25, -0.2) is 5.43 Å². The smallest absolute Gasteiger partial charge is 0.250 e. The van der Waals surface area contributed by atoms with Crippen molar-refractivity contribution >= 4 is 39.8 Å². The molecule has 2 heterocycles. The predicted molar refractivity (Wildman–Crippen MR) is 163 cm³/mol. The second-order valence-electron chi connectivity index (χ2n) is 8.62. The summed E-state index contributed by atoms with van der Waals surface area (Å²) in [5.41, 5.74) is 6.12. The van der Waals surface area contributed by atoms with Crippen LogP contribution in [0.4, 0.5) is 0 Å². The summed E-state index contributed by atoms with van der Waals surface area (Å²) in [6.07, 6.45) is 4.96. The fourth-order valence-corrected chi connectivity index (χ4v) is 4.84. The lowest BCUT2D eigenvalue weighted by atomic mass is 10.2. The zero-order valence-electron chi connectivity index (χ0n) is 22.0. The van der Waals surface area contributed by atoms with Crippen molar-refractivity contribution in [3.05, 3.63) is 113 Å². The number of nitrogens with one attached hydrogen (secondary N) is 1. The van der Waals surface area contributed by atoms with Crippen molar-refractivity contribution in [2.45, 2.75) is 11.8 Å². The molecule has 0 fully saturated rings. The van der Waals surface area contributed by atoms with Gasteiger partial charge in [0.05, 0.1) is 19.1 Å². The van der Waals surface area contributed by atoms with E-state index in [1.165, 1.54) is 11.8 Å². The molecule has 0 saturated heterocycles. The van der Waals surface area contributed by atoms with Crippen LogP contribution in [0.15, 0.2) is 112 Å². The number of hydrogen-bond donors (Lipinski definition) is 1. The summed E-state index contributed by atoms with van der Waals surface area (Å²) >= 11 is 4.74. The number of carbonyl (C=O) groups is 1. The van der Waals surface area contributed by atoms with Gasteiger partial charge in [0.25, 0.3) is 5.91 Å². The molecule has 0 aliphatic carbocycles. The van der Waals surface area contributed by atoms with Crippen molar-refractivity contribution in [3.63, 3.8) is 0 Å². The first-order valence-corrected chi connectivity index (χ1v) is 14.3. The third-order valence-electron chi connectivity index (χ3n) is 5.82. The first-order valence-electron chi connectivity index (χ1n) is 12.5. The van der Waals surface area contributed by atoms with E-state index in [0.717, 1.165) is 26.9 Å². The average molecular weight is 630 g/mol. The molecular formula is C30H25BrN6O3S. The zero-order chi connectivity index (χ0) is 28.4. The highest BCUT2D eigenvalue weighted by Gasteiger charge is 2.17. The number of thioether (sulfide) groups is 1. The molecule has 5 rings (SSSR count). The van der Waals surface area contributed by atoms with Gasteiger partial charge in [0.1, 0.15) is 6.61 Å². The Morgan fingerprint density at radius 1 is 1.00 bits per heavy atom. The van der Waals surface area contributed by atoms with Crippen LogP contribution < -0.4 is 14.9 Å². The molecule has 9 nitrogen and oxygen atoms in total. The zero-order valence-corrected chi connectivity index (χ0v) is 24.4. The number of pyridine rings is 1. The average Bonchev–Trinajstić information content (AvgIpc) is 3.44. The number of rotatable bonds is 11. The SMILES string of the molecule is COc1cc(/C=N\NC(=O)CSc2nnc(-c3ccncc3)n2-c2ccc(Br)cc2)ccc1OCc1ccccc1. The van der Waals surface area contributed by atoms with E-state index < -0.39 is 0 Å². The highest BCUT2D eigenvalue weighted by molar-refractivity contribution is 9.10. The lowest BCUT2D eigenvalue weighted by molar-refractivity contribution is -0.118. The highest BCUT2D eigenvalue weighted by atomic mass is 79.9. The van der Waals surface area contributed by atoms with Gasteiger partial charge in [-0.05, 0) is 65.7 Å². The molecule has 41 heavy (non-hydrogen) atoms. The summed E-state index contributed by atoms with van der Waals surface area (Å²) in [5, 5.41) is 13.4. The Balaban J connectivity index is 1.22. The Kier molecular flexibility index (Phi) is 9.40. The van der Waals surface area contributed by atoms with Gasteiger partial charge in [0.15, 0.2) is 22.5 Å². The Bertz CT molecular complexity index is 1630. The van der Waals surface area contributed by atoms with E-state index in [4.69, 9.17) is 9.47 Å². The summed E-state index contributed by atoms with van der Waals surface area (Å²) < 4.78 is 14.3. The van der Waals surface area contributed by atoms with Crippen LogP contribution in [0.3, 0.4) is 0 Å². The number of nitrogens with zero attached hydrogens (tertiary/aromatic N) is 5. The predicted octanol–water partition coefficient (Wildman–Crippen LogP) is 5.92. The number of ether oxygens (including phenoxy) is 2. The van der Waals surface area contributed by atoms with Gasteiger partial charge in [0, 0.05) is 28.1 Å². The van der Waals surface area contributed by atoms with Gasteiger partial charge >= 0.3 is 0 Å². The van der Waals surface area contributed by atoms with Crippen molar-refractivity contribution in [3.8, 4) is 28.6 Å². The van der Waals surface area contributed by atoms with E-state index in [9.17, 15) is 4.79 Å². The number of carbonyl (C=O) groups excluding carboxylic acids is 1. The van der Waals surface area contributed by atoms with Crippen LogP contribution in [0, 0.1) is 0 Å². The van der Waals surface area contributed by atoms with Crippen molar-refractivity contribution < 1.29 is 14.3 Å². The van der Waals surface area contributed by atoms with Gasteiger partial charge in [-0.1, -0.05) is 58.0 Å². The van der Waals surface area contributed by atoms with Crippen molar-refractivity contribution in [1.29, 1.82) is 0 Å². The minimum atomic E-state index is -0.281. The summed E-state index contributed by atoms with van der Waals surface area (Å²) in [7, 11) is 1.58. The lowest BCUT2D eigenvalue weighted by Crippen LogP contribution is -2.20. The maximum atomic E-state index is 12.6. The number of amides is 1. The quantitative estimate of drug-likeness (QED) is 0.110. The standard InChI is InChI=1S/C30H25BrN6O3S/c1-39-27-17-22(7-12-26(27)40-19-21-5-3-2-4-6-21)18-33-34-28(38)20-41-30-36-35-29(23-13-15-32-16-14-23)37(30)25-10-8-24(31)9-11-25/h2-18H,19-20H2,1H3,(H,34,38)/b33-18-. The minimum Gasteiger partial charge on any atom is -0.493 e. The van der Waals surface area contributed by atoms with Gasteiger partial charge < -0.3 is 9.47 Å². The van der Waals surface area contributed by atoms with Crippen LogP contribution in [0.25, 0.3) is 17.1 Å². The van der Waals surface area contributed by atoms with E-state index >= 15 is 0 Å². The van der Waals surface area contributed by atoms with E-state index in [-0.39, 0.29) is 11.7 Å². The van der Waals surface area contributed by atoms with Crippen molar-refractivity contribution in [1.82, 2.24) is 25.2 Å². The largest absolute Gasteiger partial charge is 0.493 e. The molecule has 1 N–H and O–H groups in total. The van der Waals surface area contributed by atoms with Crippen LogP contribution in [-0.2, 0) is 11.4 Å². The highest BCUT2D eigenvalue weighted by Crippen LogP contribution is 2.29. The molecule has 0 atom stereocenters. The molecule has 0 aliphatic heterocycles. The maximum absolute atomic E-state index is 12.6. The molecule has 0 radical (unpaired) electrons. The first kappa shape index (κ1) is 28.1. The number of aromatic nitrogens is 4. The number of methoxy groups -OCH3 is 1. The second kappa shape index (κ2) is 13.7. The summed E-state index contributed by atoms with van der Waals surface area (Å²) in [6.45, 7) is 0.429. The molecule has 0 unspecified atom stereocenters. The fraction of sp³-hybridized carbons (Fsp3) is 0.100. The third-order valence-corrected chi connectivity index (χ3v) is 7.27. The molecule has 5 aromatic rings. The van der Waals surface area contributed by atoms with Crippen LogP contribution in [0.2, 0.25) is 0 Å². The molecule has 0 spiro atoms. The van der Waals surface area contributed by atoms with Crippen LogP contribution in [-0.4, -0.2) is 44.7 Å². The van der Waals surface area contributed by atoms with Gasteiger partial charge in [-0.3, -0.25) is 14.3 Å². The first-order chi connectivity index (χ1) is 20.1. The Hall–Kier alpha value is -4.48. The second-order valence-corrected chi connectivity index (χ2v) is 10.5. The molecular weight excluding hydrogens is 604 g/mol. The molecule has 0 bridgehead atoms. The molecule has 3 aromatic carbocycles. The van der Waals surface area contributed by atoms with Crippen LogP contribution in [0.5, 0.6) is 11.5 Å². The Morgan fingerprint density at radius 3 is 2.54 bits per heavy atom. The Morgan fingerprint density at radius 2 is 1.78 bits per heavy atom. The number of halogens is 1. The summed E-state index contributed by atoms with van der Waals surface area (Å²) in [6, 6.07) is 26.9. The monoisotopic (exact) mass is 628 g/mol. The number of hydrogen-bond acceptors (Lipinski definition) is 8. The van der Waals surface area contributed by atoms with Crippen molar-refractivity contribution in [2.24, 2.45) is 5.10 Å². The van der Waals surface area contributed by atoms with E-state index in [0.29, 0.717) is 29.1 Å². The van der Waals surface area contributed by atoms with Crippen molar-refractivity contribution in [2.75, 3.05) is 12.9 Å². The summed E-state index contributed by atoms with van der Waals surface area (Å²) in [4.78, 5) is 16.7. The van der Waals surface area contributed by atoms with Gasteiger partial charge in [-0.2, -0.15) is 5.10 Å². The topological polar surface area (TPSA) is 104 Å². The third kappa shape index (κ3) is 7.38. The molecule has 1 amide bonds. The van der Waals surface area contributed by atoms with E-state index in [1.807, 2.05) is 83.4 Å². The fourth-order valence-electron chi connectivity index (χ4n) is 3.83. The number of benzene rings is 3. The van der Waals surface area contributed by atoms with E-state index in [1.54, 1.807) is 31.8 Å². The van der Waals surface area contributed by atoms with Gasteiger partial charge in [-0.15, -0.1) is 10.2 Å². The molecule has 0 aliphatic rings. The molecule has 206 valence electrons. The molecule has 11 heteroatoms. The summed E-state index contributed by atoms with van der Waals surface area (Å²) in [5.74, 6) is 1.66. The van der Waals surface area contributed by atoms with Crippen LogP contribution in [0.1, 0.15) is 11.1 Å². The normalized spacial score (nSPS) is 11.0. The van der Waals surface area contributed by atoms with Crippen LogP contribution >= 0.6 is 27.7 Å². The Labute approximate surface area is 249 Å². The minimum absolute atomic E-state index is 0.0952. The molecule has 2 aromatic heterocycles. The van der Waals surface area contributed by atoms with Gasteiger partial charge in [0.2, 0.25) is 0 Å². The maximum Gasteiger partial charge on any atom is 0.250 e.